The molecule has 1 aromatic heterocycles. The summed E-state index contributed by atoms with van der Waals surface area (Å²) in [5.74, 6) is 0.535. The van der Waals surface area contributed by atoms with Crippen LogP contribution in [0.5, 0.6) is 0 Å². The first-order valence-electron chi connectivity index (χ1n) is 12.0. The van der Waals surface area contributed by atoms with Crippen LogP contribution >= 0.6 is 0 Å². The van der Waals surface area contributed by atoms with Crippen molar-refractivity contribution >= 4 is 22.3 Å². The third-order valence-corrected chi connectivity index (χ3v) is 6.65. The van der Waals surface area contributed by atoms with Crippen molar-refractivity contribution in [2.75, 3.05) is 11.9 Å². The summed E-state index contributed by atoms with van der Waals surface area (Å²) in [5.41, 5.74) is 7.47. The Balaban J connectivity index is 1.78. The van der Waals surface area contributed by atoms with Crippen LogP contribution < -0.4 is 10.5 Å². The molecule has 4 rings (SSSR count). The summed E-state index contributed by atoms with van der Waals surface area (Å²) in [6.45, 7) is 11.7. The lowest BCUT2D eigenvalue weighted by Crippen LogP contribution is -2.20. The Morgan fingerprint density at radius 3 is 2.31 bits per heavy atom. The molecule has 1 aliphatic carbocycles. The number of rotatable bonds is 6. The van der Waals surface area contributed by atoms with E-state index >= 15 is 0 Å². The number of pyridine rings is 1. The van der Waals surface area contributed by atoms with Gasteiger partial charge in [0.2, 0.25) is 0 Å². The maximum atomic E-state index is 12.7. The average molecular weight is 429 g/mol. The zero-order valence-corrected chi connectivity index (χ0v) is 20.4. The fourth-order valence-corrected chi connectivity index (χ4v) is 4.59. The lowest BCUT2D eigenvalue weighted by Gasteiger charge is -2.26. The fraction of sp³-hybridized carbons (Fsp3) is 0.414. The Morgan fingerprint density at radius 1 is 1.06 bits per heavy atom. The summed E-state index contributed by atoms with van der Waals surface area (Å²) in [5, 5.41) is 1.22. The van der Waals surface area contributed by atoms with Crippen molar-refractivity contribution in [3.8, 4) is 0 Å². The van der Waals surface area contributed by atoms with Crippen LogP contribution in [0.2, 0.25) is 0 Å². The fourth-order valence-electron chi connectivity index (χ4n) is 4.59. The Bertz CT molecular complexity index is 1200. The number of aryl methyl sites for hydroxylation is 1. The van der Waals surface area contributed by atoms with Crippen molar-refractivity contribution < 1.29 is 0 Å². The Labute approximate surface area is 192 Å². The van der Waals surface area contributed by atoms with Gasteiger partial charge in [-0.2, -0.15) is 0 Å². The molecule has 1 fully saturated rings. The normalized spacial score (nSPS) is 14.8. The topological polar surface area (TPSA) is 25.2 Å². The van der Waals surface area contributed by atoms with E-state index in [2.05, 4.69) is 88.2 Å². The van der Waals surface area contributed by atoms with Gasteiger partial charge in [0.1, 0.15) is 0 Å². The predicted octanol–water partition coefficient (Wildman–Crippen LogP) is 7.08. The second-order valence-corrected chi connectivity index (χ2v) is 10.0. The number of nitrogens with zero attached hydrogens (tertiary/aromatic N) is 2. The standard InChI is InChI=1S/C29H36N2O/c1-7-9-26(21-12-14-22(15-13-21)29(3,4)5)30(6)23-16-17-27-25(18-23)24(20-10-11-20)19-28(32)31(27)8-2/h9,12-20H,7-8,10-11H2,1-6H3. The van der Waals surface area contributed by atoms with Gasteiger partial charge in [0.05, 0.1) is 5.52 Å². The van der Waals surface area contributed by atoms with Crippen molar-refractivity contribution in [3.63, 3.8) is 0 Å². The molecule has 0 spiro atoms. The van der Waals surface area contributed by atoms with Crippen LogP contribution in [0.3, 0.4) is 0 Å². The number of fused-ring (bicyclic) bond motifs is 1. The molecule has 0 amide bonds. The molecule has 0 N–H and O–H groups in total. The molecule has 0 aliphatic heterocycles. The average Bonchev–Trinajstić information content (AvgIpc) is 3.61. The first-order valence-corrected chi connectivity index (χ1v) is 12.0. The molecule has 3 nitrogen and oxygen atoms in total. The summed E-state index contributed by atoms with van der Waals surface area (Å²) in [6, 6.07) is 17.4. The summed E-state index contributed by atoms with van der Waals surface area (Å²) >= 11 is 0. The highest BCUT2D eigenvalue weighted by Crippen LogP contribution is 2.43. The molecule has 32 heavy (non-hydrogen) atoms. The third kappa shape index (κ3) is 4.26. The second kappa shape index (κ2) is 8.61. The van der Waals surface area contributed by atoms with Gasteiger partial charge in [-0.15, -0.1) is 0 Å². The molecule has 0 atom stereocenters. The number of aromatic nitrogens is 1. The van der Waals surface area contributed by atoms with Crippen molar-refractivity contribution in [3.05, 3.63) is 81.7 Å². The minimum atomic E-state index is 0.119. The Kier molecular flexibility index (Phi) is 6.03. The van der Waals surface area contributed by atoms with E-state index in [9.17, 15) is 4.79 Å². The third-order valence-electron chi connectivity index (χ3n) is 6.65. The van der Waals surface area contributed by atoms with Crippen LogP contribution in [-0.4, -0.2) is 11.6 Å². The van der Waals surface area contributed by atoms with Gasteiger partial charge in [-0.3, -0.25) is 4.79 Å². The van der Waals surface area contributed by atoms with Crippen LogP contribution in [0, 0.1) is 0 Å². The lowest BCUT2D eigenvalue weighted by atomic mass is 9.86. The highest BCUT2D eigenvalue weighted by atomic mass is 16.1. The van der Waals surface area contributed by atoms with E-state index in [0.29, 0.717) is 12.5 Å². The molecule has 0 bridgehead atoms. The maximum Gasteiger partial charge on any atom is 0.251 e. The van der Waals surface area contributed by atoms with Gasteiger partial charge in [-0.25, -0.2) is 0 Å². The highest BCUT2D eigenvalue weighted by molar-refractivity contribution is 5.90. The first-order chi connectivity index (χ1) is 15.2. The highest BCUT2D eigenvalue weighted by Gasteiger charge is 2.27. The number of benzene rings is 2. The molecule has 3 heteroatoms. The van der Waals surface area contributed by atoms with Crippen LogP contribution in [0.25, 0.3) is 16.6 Å². The zero-order valence-electron chi connectivity index (χ0n) is 20.4. The molecule has 1 heterocycles. The van der Waals surface area contributed by atoms with Crippen molar-refractivity contribution in [2.45, 2.75) is 71.8 Å². The Hall–Kier alpha value is -2.81. The molecular weight excluding hydrogens is 392 g/mol. The SMILES string of the molecule is CCC=C(c1ccc(C(C)(C)C)cc1)N(C)c1ccc2c(c1)c(C1CC1)cc(=O)n2CC. The molecular formula is C29H36N2O. The Morgan fingerprint density at radius 2 is 1.75 bits per heavy atom. The monoisotopic (exact) mass is 428 g/mol. The molecule has 1 aliphatic rings. The van der Waals surface area contributed by atoms with Crippen LogP contribution in [0.1, 0.15) is 76.5 Å². The summed E-state index contributed by atoms with van der Waals surface area (Å²) in [7, 11) is 2.15. The van der Waals surface area contributed by atoms with E-state index in [1.165, 1.54) is 40.6 Å². The van der Waals surface area contributed by atoms with Gasteiger partial charge in [0, 0.05) is 36.4 Å². The van der Waals surface area contributed by atoms with E-state index in [1.807, 2.05) is 17.6 Å². The quantitative estimate of drug-likeness (QED) is 0.419. The van der Waals surface area contributed by atoms with E-state index in [0.717, 1.165) is 17.6 Å². The summed E-state index contributed by atoms with van der Waals surface area (Å²) in [6.07, 6.45) is 5.64. The van der Waals surface area contributed by atoms with Crippen molar-refractivity contribution in [1.29, 1.82) is 0 Å². The summed E-state index contributed by atoms with van der Waals surface area (Å²) in [4.78, 5) is 14.9. The van der Waals surface area contributed by atoms with Crippen LogP contribution in [0.15, 0.2) is 59.4 Å². The molecule has 0 radical (unpaired) electrons. The molecule has 168 valence electrons. The largest absolute Gasteiger partial charge is 0.344 e. The molecule has 3 aromatic rings. The van der Waals surface area contributed by atoms with Gasteiger partial charge in [-0.05, 0) is 72.4 Å². The number of hydrogen-bond acceptors (Lipinski definition) is 2. The van der Waals surface area contributed by atoms with Crippen molar-refractivity contribution in [1.82, 2.24) is 4.57 Å². The van der Waals surface area contributed by atoms with Crippen molar-refractivity contribution in [2.24, 2.45) is 0 Å². The molecule has 1 saturated carbocycles. The first kappa shape index (κ1) is 22.4. The smallest absolute Gasteiger partial charge is 0.251 e. The van der Waals surface area contributed by atoms with Gasteiger partial charge < -0.3 is 9.47 Å². The zero-order chi connectivity index (χ0) is 23.0. The number of allylic oxidation sites excluding steroid dienone is 1. The predicted molar refractivity (Wildman–Crippen MR) is 138 cm³/mol. The number of anilines is 1. The molecule has 0 saturated heterocycles. The number of hydrogen-bond donors (Lipinski definition) is 0. The second-order valence-electron chi connectivity index (χ2n) is 10.0. The summed E-state index contributed by atoms with van der Waals surface area (Å²) < 4.78 is 1.89. The van der Waals surface area contributed by atoms with E-state index in [1.54, 1.807) is 0 Å². The minimum Gasteiger partial charge on any atom is -0.344 e. The van der Waals surface area contributed by atoms with E-state index < -0.39 is 0 Å². The van der Waals surface area contributed by atoms with Gasteiger partial charge in [-0.1, -0.05) is 58.0 Å². The van der Waals surface area contributed by atoms with Gasteiger partial charge in [0.15, 0.2) is 0 Å². The van der Waals surface area contributed by atoms with Gasteiger partial charge >= 0.3 is 0 Å². The van der Waals surface area contributed by atoms with E-state index in [-0.39, 0.29) is 11.0 Å². The lowest BCUT2D eigenvalue weighted by molar-refractivity contribution is 0.590. The molecule has 2 aromatic carbocycles. The van der Waals surface area contributed by atoms with E-state index in [4.69, 9.17) is 0 Å². The minimum absolute atomic E-state index is 0.119. The molecule has 0 unspecified atom stereocenters. The maximum absolute atomic E-state index is 12.7. The van der Waals surface area contributed by atoms with Crippen LogP contribution in [0.4, 0.5) is 5.69 Å². The van der Waals surface area contributed by atoms with Gasteiger partial charge in [0.25, 0.3) is 5.56 Å². The van der Waals surface area contributed by atoms with Crippen LogP contribution in [-0.2, 0) is 12.0 Å².